The van der Waals surface area contributed by atoms with Crippen molar-refractivity contribution in [3.8, 4) is 0 Å². The second-order valence-corrected chi connectivity index (χ2v) is 5.68. The predicted octanol–water partition coefficient (Wildman–Crippen LogP) is 2.58. The van der Waals surface area contributed by atoms with Gasteiger partial charge >= 0.3 is 11.9 Å². The summed E-state index contributed by atoms with van der Waals surface area (Å²) in [6.45, 7) is 0. The summed E-state index contributed by atoms with van der Waals surface area (Å²) in [6.07, 6.45) is 0. The van der Waals surface area contributed by atoms with Crippen LogP contribution in [0.4, 0.5) is 11.4 Å². The van der Waals surface area contributed by atoms with Crippen molar-refractivity contribution < 1.29 is 23.9 Å². The molecule has 0 heterocycles. The van der Waals surface area contributed by atoms with Crippen LogP contribution in [0, 0.1) is 0 Å². The Morgan fingerprint density at radius 3 is 1.92 bits per heavy atom. The normalized spacial score (nSPS) is 10.0. The lowest BCUT2D eigenvalue weighted by Gasteiger charge is -2.14. The molecule has 0 saturated heterocycles. The molecule has 0 bridgehead atoms. The zero-order valence-corrected chi connectivity index (χ0v) is 15.0. The Labute approximate surface area is 151 Å². The zero-order valence-electron chi connectivity index (χ0n) is 15.0. The number of rotatable bonds is 5. The minimum Gasteiger partial charge on any atom is -0.465 e. The molecule has 0 atom stereocenters. The molecular weight excluding hydrogens is 336 g/mol. The summed E-state index contributed by atoms with van der Waals surface area (Å²) in [5, 5.41) is 2.69. The summed E-state index contributed by atoms with van der Waals surface area (Å²) in [4.78, 5) is 38.0. The monoisotopic (exact) mass is 356 g/mol. The molecule has 2 aromatic rings. The third kappa shape index (κ3) is 4.38. The van der Waals surface area contributed by atoms with Crippen LogP contribution in [-0.4, -0.2) is 46.2 Å². The second-order valence-electron chi connectivity index (χ2n) is 5.68. The Bertz CT molecular complexity index is 811. The number of hydrogen-bond acceptors (Lipinski definition) is 6. The SMILES string of the molecule is COC(=O)c1cc(NC(=O)c2cccc(N(C)C)c2)cc(C(=O)OC)c1. The van der Waals surface area contributed by atoms with Gasteiger partial charge in [-0.15, -0.1) is 0 Å². The van der Waals surface area contributed by atoms with Crippen molar-refractivity contribution in [1.82, 2.24) is 0 Å². The van der Waals surface area contributed by atoms with E-state index in [1.54, 1.807) is 18.2 Å². The van der Waals surface area contributed by atoms with Crippen molar-refractivity contribution in [2.75, 3.05) is 38.5 Å². The number of methoxy groups -OCH3 is 2. The van der Waals surface area contributed by atoms with E-state index in [2.05, 4.69) is 14.8 Å². The average molecular weight is 356 g/mol. The van der Waals surface area contributed by atoms with Gasteiger partial charge in [-0.2, -0.15) is 0 Å². The van der Waals surface area contributed by atoms with E-state index in [1.165, 1.54) is 32.4 Å². The number of carbonyl (C=O) groups is 3. The minimum absolute atomic E-state index is 0.132. The molecule has 0 aliphatic heterocycles. The quantitative estimate of drug-likeness (QED) is 0.829. The number of benzene rings is 2. The Morgan fingerprint density at radius 1 is 0.846 bits per heavy atom. The van der Waals surface area contributed by atoms with E-state index in [0.717, 1.165) is 5.69 Å². The highest BCUT2D eigenvalue weighted by atomic mass is 16.5. The van der Waals surface area contributed by atoms with Crippen LogP contribution < -0.4 is 10.2 Å². The van der Waals surface area contributed by atoms with E-state index in [4.69, 9.17) is 0 Å². The number of amides is 1. The van der Waals surface area contributed by atoms with Gasteiger partial charge < -0.3 is 19.7 Å². The summed E-state index contributed by atoms with van der Waals surface area (Å²) >= 11 is 0. The lowest BCUT2D eigenvalue weighted by Crippen LogP contribution is -2.15. The van der Waals surface area contributed by atoms with Gasteiger partial charge in [-0.3, -0.25) is 4.79 Å². The van der Waals surface area contributed by atoms with Crippen molar-refractivity contribution in [3.05, 3.63) is 59.2 Å². The number of carbonyl (C=O) groups excluding carboxylic acids is 3. The van der Waals surface area contributed by atoms with Crippen LogP contribution >= 0.6 is 0 Å². The molecule has 0 radical (unpaired) electrons. The number of esters is 2. The average Bonchev–Trinajstić information content (AvgIpc) is 2.66. The first-order valence-electron chi connectivity index (χ1n) is 7.76. The minimum atomic E-state index is -0.624. The van der Waals surface area contributed by atoms with Crippen molar-refractivity contribution in [3.63, 3.8) is 0 Å². The molecule has 0 unspecified atom stereocenters. The van der Waals surface area contributed by atoms with E-state index in [-0.39, 0.29) is 22.7 Å². The number of nitrogens with zero attached hydrogens (tertiary/aromatic N) is 1. The highest BCUT2D eigenvalue weighted by molar-refractivity contribution is 6.06. The summed E-state index contributed by atoms with van der Waals surface area (Å²) in [5.74, 6) is -1.62. The first kappa shape index (κ1) is 19.0. The van der Waals surface area contributed by atoms with Gasteiger partial charge in [-0.1, -0.05) is 6.07 Å². The summed E-state index contributed by atoms with van der Waals surface area (Å²) in [5.41, 5.74) is 1.87. The maximum atomic E-state index is 12.5. The molecule has 136 valence electrons. The standard InChI is InChI=1S/C19H20N2O5/c1-21(2)16-7-5-6-12(11-16)17(22)20-15-9-13(18(23)25-3)8-14(10-15)19(24)26-4/h5-11H,1-4H3,(H,20,22). The lowest BCUT2D eigenvalue weighted by molar-refractivity contribution is 0.0599. The molecule has 0 spiro atoms. The smallest absolute Gasteiger partial charge is 0.337 e. The molecule has 2 aromatic carbocycles. The van der Waals surface area contributed by atoms with Gasteiger partial charge in [0.2, 0.25) is 0 Å². The van der Waals surface area contributed by atoms with Crippen LogP contribution in [0.5, 0.6) is 0 Å². The van der Waals surface area contributed by atoms with Gasteiger partial charge in [0.05, 0.1) is 25.3 Å². The van der Waals surface area contributed by atoms with E-state index in [9.17, 15) is 14.4 Å². The molecule has 0 fully saturated rings. The van der Waals surface area contributed by atoms with E-state index >= 15 is 0 Å². The molecule has 1 N–H and O–H groups in total. The first-order valence-corrected chi connectivity index (χ1v) is 7.76. The number of anilines is 2. The Hall–Kier alpha value is -3.35. The number of ether oxygens (including phenoxy) is 2. The highest BCUT2D eigenvalue weighted by Crippen LogP contribution is 2.19. The van der Waals surface area contributed by atoms with Crippen LogP contribution in [0.25, 0.3) is 0 Å². The molecule has 7 heteroatoms. The fourth-order valence-corrected chi connectivity index (χ4v) is 2.30. The second kappa shape index (κ2) is 8.15. The molecular formula is C19H20N2O5. The van der Waals surface area contributed by atoms with E-state index in [1.807, 2.05) is 25.1 Å². The molecule has 2 rings (SSSR count). The third-order valence-corrected chi connectivity index (χ3v) is 3.66. The van der Waals surface area contributed by atoms with Gasteiger partial charge in [-0.05, 0) is 36.4 Å². The largest absolute Gasteiger partial charge is 0.465 e. The van der Waals surface area contributed by atoms with Crippen LogP contribution in [-0.2, 0) is 9.47 Å². The fourth-order valence-electron chi connectivity index (χ4n) is 2.30. The van der Waals surface area contributed by atoms with Crippen LogP contribution in [0.1, 0.15) is 31.1 Å². The summed E-state index contributed by atoms with van der Waals surface area (Å²) in [6, 6.07) is 11.3. The zero-order chi connectivity index (χ0) is 19.3. The number of nitrogens with one attached hydrogen (secondary N) is 1. The predicted molar refractivity (Wildman–Crippen MR) is 97.8 cm³/mol. The number of hydrogen-bond donors (Lipinski definition) is 1. The summed E-state index contributed by atoms with van der Waals surface area (Å²) < 4.78 is 9.36. The van der Waals surface area contributed by atoms with Crippen LogP contribution in [0.2, 0.25) is 0 Å². The van der Waals surface area contributed by atoms with Crippen molar-refractivity contribution in [2.45, 2.75) is 0 Å². The molecule has 0 saturated carbocycles. The molecule has 0 aromatic heterocycles. The van der Waals surface area contributed by atoms with Gasteiger partial charge in [0.1, 0.15) is 0 Å². The first-order chi connectivity index (χ1) is 12.3. The maximum Gasteiger partial charge on any atom is 0.337 e. The molecule has 0 aliphatic rings. The topological polar surface area (TPSA) is 84.9 Å². The summed E-state index contributed by atoms with van der Waals surface area (Å²) in [7, 11) is 6.22. The van der Waals surface area contributed by atoms with Crippen molar-refractivity contribution in [1.29, 1.82) is 0 Å². The van der Waals surface area contributed by atoms with Crippen molar-refractivity contribution >= 4 is 29.2 Å². The highest BCUT2D eigenvalue weighted by Gasteiger charge is 2.15. The lowest BCUT2D eigenvalue weighted by atomic mass is 10.1. The molecule has 7 nitrogen and oxygen atoms in total. The maximum absolute atomic E-state index is 12.5. The van der Waals surface area contributed by atoms with Gasteiger partial charge in [-0.25, -0.2) is 9.59 Å². The fraction of sp³-hybridized carbons (Fsp3) is 0.211. The molecule has 1 amide bonds. The Balaban J connectivity index is 2.35. The third-order valence-electron chi connectivity index (χ3n) is 3.66. The van der Waals surface area contributed by atoms with Gasteiger partial charge in [0, 0.05) is 31.0 Å². The Kier molecular flexibility index (Phi) is 5.95. The van der Waals surface area contributed by atoms with E-state index < -0.39 is 11.9 Å². The van der Waals surface area contributed by atoms with Crippen LogP contribution in [0.15, 0.2) is 42.5 Å². The van der Waals surface area contributed by atoms with Crippen LogP contribution in [0.3, 0.4) is 0 Å². The molecule has 26 heavy (non-hydrogen) atoms. The molecule has 0 aliphatic carbocycles. The Morgan fingerprint density at radius 2 is 1.42 bits per heavy atom. The van der Waals surface area contributed by atoms with Crippen molar-refractivity contribution in [2.24, 2.45) is 0 Å². The van der Waals surface area contributed by atoms with Gasteiger partial charge in [0.25, 0.3) is 5.91 Å². The van der Waals surface area contributed by atoms with Gasteiger partial charge in [0.15, 0.2) is 0 Å². The van der Waals surface area contributed by atoms with E-state index in [0.29, 0.717) is 5.56 Å².